The number of benzene rings is 3. The van der Waals surface area contributed by atoms with E-state index < -0.39 is 10.8 Å². The molecule has 0 fully saturated rings. The number of hydrogen-bond donors (Lipinski definition) is 0. The quantitative estimate of drug-likeness (QED) is 0.158. The molecular formula is C70H97N9OS3. The van der Waals surface area contributed by atoms with Gasteiger partial charge in [-0.2, -0.15) is 16.9 Å². The van der Waals surface area contributed by atoms with E-state index in [0.717, 1.165) is 62.4 Å². The summed E-state index contributed by atoms with van der Waals surface area (Å²) in [6.07, 6.45) is 12.2. The van der Waals surface area contributed by atoms with Crippen LogP contribution in [0.5, 0.6) is 0 Å². The van der Waals surface area contributed by atoms with Crippen molar-refractivity contribution in [2.24, 2.45) is 7.05 Å². The van der Waals surface area contributed by atoms with E-state index in [1.807, 2.05) is 179 Å². The highest BCUT2D eigenvalue weighted by Gasteiger charge is 2.11. The summed E-state index contributed by atoms with van der Waals surface area (Å²) in [5.41, 5.74) is 15.5. The molecular weight excluding hydrogens is 1080 g/mol. The van der Waals surface area contributed by atoms with Crippen LogP contribution in [0.1, 0.15) is 116 Å². The maximum atomic E-state index is 9.56. The molecule has 3 aromatic carbocycles. The summed E-state index contributed by atoms with van der Waals surface area (Å²) in [4.78, 5) is 30.5. The van der Waals surface area contributed by atoms with Crippen molar-refractivity contribution < 1.29 is 4.21 Å². The van der Waals surface area contributed by atoms with Gasteiger partial charge < -0.3 is 0 Å². The summed E-state index contributed by atoms with van der Waals surface area (Å²) in [5.74, 6) is 2.52. The van der Waals surface area contributed by atoms with Gasteiger partial charge in [-0.05, 0) is 201 Å². The minimum absolute atomic E-state index is 0. The Balaban J connectivity index is 0. The van der Waals surface area contributed by atoms with Crippen molar-refractivity contribution in [1.82, 2.24) is 39.7 Å². The summed E-state index contributed by atoms with van der Waals surface area (Å²) in [6.45, 7) is 41.7. The number of pyridine rings is 4. The number of aryl methyl sites for hydroxylation is 13. The summed E-state index contributed by atoms with van der Waals surface area (Å²) in [5, 5.41) is 4.13. The zero-order valence-corrected chi connectivity index (χ0v) is 55.3. The highest BCUT2D eigenvalue weighted by Crippen LogP contribution is 2.26. The second kappa shape index (κ2) is 46.4. The topological polar surface area (TPSA) is 117 Å². The van der Waals surface area contributed by atoms with Crippen LogP contribution in [0.25, 0.3) is 4.85 Å². The van der Waals surface area contributed by atoms with Crippen LogP contribution >= 0.6 is 23.5 Å². The first-order chi connectivity index (χ1) is 38.8. The largest absolute Gasteiger partial charge is 0.273 e. The third-order valence-electron chi connectivity index (χ3n) is 10.6. The first-order valence-corrected chi connectivity index (χ1v) is 31.1. The molecule has 0 aliphatic rings. The number of nitrogens with zero attached hydrogens (tertiary/aromatic N) is 9. The van der Waals surface area contributed by atoms with Crippen LogP contribution in [0, 0.1) is 89.7 Å². The van der Waals surface area contributed by atoms with Gasteiger partial charge in [0.15, 0.2) is 5.69 Å². The van der Waals surface area contributed by atoms with Crippen molar-refractivity contribution in [1.29, 1.82) is 0 Å². The molecule has 0 saturated heterocycles. The first kappa shape index (κ1) is 78.0. The van der Waals surface area contributed by atoms with E-state index in [0.29, 0.717) is 0 Å². The van der Waals surface area contributed by atoms with Gasteiger partial charge in [-0.3, -0.25) is 38.8 Å². The monoisotopic (exact) mass is 1180 g/mol. The smallest absolute Gasteiger partial charge is 0.193 e. The molecule has 83 heavy (non-hydrogen) atoms. The molecule has 0 saturated carbocycles. The molecule has 9 aromatic rings. The van der Waals surface area contributed by atoms with E-state index >= 15 is 0 Å². The lowest BCUT2D eigenvalue weighted by Gasteiger charge is -2.17. The molecule has 6 heterocycles. The van der Waals surface area contributed by atoms with E-state index in [2.05, 4.69) is 160 Å². The zero-order chi connectivity index (χ0) is 61.9. The van der Waals surface area contributed by atoms with Gasteiger partial charge >= 0.3 is 0 Å². The Bertz CT molecular complexity index is 2950. The minimum Gasteiger partial charge on any atom is -0.273 e. The van der Waals surface area contributed by atoms with Crippen molar-refractivity contribution >= 4 is 40.0 Å². The van der Waals surface area contributed by atoms with Gasteiger partial charge in [0.2, 0.25) is 0 Å². The lowest BCUT2D eigenvalue weighted by molar-refractivity contribution is 0.589. The third kappa shape index (κ3) is 41.5. The lowest BCUT2D eigenvalue weighted by Crippen LogP contribution is -2.10. The van der Waals surface area contributed by atoms with Crippen molar-refractivity contribution in [2.75, 3.05) is 24.0 Å². The average Bonchev–Trinajstić information content (AvgIpc) is 3.75. The van der Waals surface area contributed by atoms with Gasteiger partial charge in [-0.15, -0.1) is 0 Å². The molecule has 0 atom stereocenters. The fourth-order valence-corrected chi connectivity index (χ4v) is 7.85. The highest BCUT2D eigenvalue weighted by atomic mass is 32.2. The highest BCUT2D eigenvalue weighted by molar-refractivity contribution is 7.99. The van der Waals surface area contributed by atoms with Crippen molar-refractivity contribution in [3.63, 3.8) is 0 Å². The Labute approximate surface area is 513 Å². The standard InChI is InChI=1S/C12H10S.C9H13N.C9H9N.C8H11N.C7H10N2.C7H9N.C6H10N2.C5H5N.C4H10S.C2H6OS.CH4/c1-3-7-11(8-4-1)13-12-9-5-2-6-10-12;1-9(2,3)8-4-6-10-7-5-8;1-7-5-4-6-8(2)9(7)10-3;1-6-4-7(2)9-8(3)5-6;1-5-4-8-6(2)7(3)9-5;1-6-4-3-5-7(2)8-6;1-5-4-6(2)8(3)7-5;1-2-4-6-5-3-1;1-3-5-4-2;1-4(2)3;/h1-10H;4-7H,1-3H3;4-6H,1-2H3;4-5H,1-3H3;4H,1-3H3;3-5H,1-2H3;4H,1-3H3;1-5H;3-4H2,1-2H3;1-2H3;1H4. The van der Waals surface area contributed by atoms with Gasteiger partial charge in [0.1, 0.15) is 0 Å². The fourth-order valence-electron chi connectivity index (χ4n) is 6.58. The molecule has 6 aromatic heterocycles. The van der Waals surface area contributed by atoms with Gasteiger partial charge in [0.25, 0.3) is 0 Å². The van der Waals surface area contributed by atoms with E-state index in [-0.39, 0.29) is 12.8 Å². The van der Waals surface area contributed by atoms with Crippen LogP contribution in [-0.4, -0.2) is 67.9 Å². The van der Waals surface area contributed by atoms with E-state index in [9.17, 15) is 4.21 Å². The molecule has 0 bridgehead atoms. The second-order valence-electron chi connectivity index (χ2n) is 19.7. The Morgan fingerprint density at radius 2 is 0.964 bits per heavy atom. The average molecular weight is 1180 g/mol. The Morgan fingerprint density at radius 3 is 1.23 bits per heavy atom. The van der Waals surface area contributed by atoms with Crippen LogP contribution < -0.4 is 0 Å². The molecule has 0 unspecified atom stereocenters. The number of thioether (sulfide) groups is 1. The van der Waals surface area contributed by atoms with Crippen molar-refractivity contribution in [2.45, 2.75) is 140 Å². The number of hydrogen-bond acceptors (Lipinski definition) is 10. The molecule has 0 amide bonds. The molecule has 446 valence electrons. The van der Waals surface area contributed by atoms with Crippen LogP contribution in [0.15, 0.2) is 186 Å². The minimum atomic E-state index is -0.611. The summed E-state index contributed by atoms with van der Waals surface area (Å²) >= 11 is 3.75. The molecule has 0 aliphatic heterocycles. The normalized spacial score (nSPS) is 9.45. The third-order valence-corrected chi connectivity index (χ3v) is 12.4. The van der Waals surface area contributed by atoms with Crippen LogP contribution in [0.3, 0.4) is 0 Å². The fraction of sp³-hybridized carbons (Fsp3) is 0.343. The molecule has 13 heteroatoms. The number of rotatable bonds is 4. The Hall–Kier alpha value is -7.11. The second-order valence-corrected chi connectivity index (χ2v) is 23.9. The van der Waals surface area contributed by atoms with Crippen LogP contribution in [-0.2, 0) is 23.3 Å². The van der Waals surface area contributed by atoms with Gasteiger partial charge in [-0.25, -0.2) is 4.85 Å². The van der Waals surface area contributed by atoms with E-state index in [1.165, 1.54) is 38.1 Å². The van der Waals surface area contributed by atoms with Gasteiger partial charge in [0, 0.05) is 99.6 Å². The molecule has 10 nitrogen and oxygen atoms in total. The molecule has 0 spiro atoms. The molecule has 9 rings (SSSR count). The molecule has 0 radical (unpaired) electrons. The van der Waals surface area contributed by atoms with Crippen LogP contribution in [0.4, 0.5) is 5.69 Å². The number of aromatic nitrogens is 8. The number of para-hydroxylation sites is 1. The lowest BCUT2D eigenvalue weighted by atomic mass is 9.88. The predicted molar refractivity (Wildman–Crippen MR) is 363 cm³/mol. The Kier molecular flexibility index (Phi) is 43.6. The maximum absolute atomic E-state index is 9.56. The van der Waals surface area contributed by atoms with E-state index in [4.69, 9.17) is 6.57 Å². The summed E-state index contributed by atoms with van der Waals surface area (Å²) in [6, 6.07) is 48.7. The van der Waals surface area contributed by atoms with Gasteiger partial charge in [-0.1, -0.05) is 121 Å². The Morgan fingerprint density at radius 1 is 0.530 bits per heavy atom. The zero-order valence-electron chi connectivity index (χ0n) is 52.8. The maximum Gasteiger partial charge on any atom is 0.193 e. The van der Waals surface area contributed by atoms with Crippen molar-refractivity contribution in [3.8, 4) is 0 Å². The van der Waals surface area contributed by atoms with Gasteiger partial charge in [0.05, 0.1) is 29.3 Å². The first-order valence-electron chi connectivity index (χ1n) is 27.2. The summed E-state index contributed by atoms with van der Waals surface area (Å²) < 4.78 is 11.4. The molecule has 0 aliphatic carbocycles. The molecule has 0 N–H and O–H groups in total. The van der Waals surface area contributed by atoms with E-state index in [1.54, 1.807) is 42.9 Å². The SMILES string of the molecule is C.CC(C)(C)c1ccncc1.CCSCC.CS(C)=O.Cc1cc(C)n(C)n1.Cc1cc(C)nc(C)c1.Cc1cccc(C)n1.Cc1cnc(C)c(C)n1.[C-]#[N+]c1c(C)cccc1C.c1ccc(Sc2ccccc2)cc1.c1ccncc1. The predicted octanol–water partition coefficient (Wildman–Crippen LogP) is 18.7. The van der Waals surface area contributed by atoms with Crippen molar-refractivity contribution in [3.05, 3.63) is 261 Å². The van der Waals surface area contributed by atoms with Crippen LogP contribution in [0.2, 0.25) is 0 Å². The summed E-state index contributed by atoms with van der Waals surface area (Å²) in [7, 11) is 1.34.